The highest BCUT2D eigenvalue weighted by Gasteiger charge is 2.08. The summed E-state index contributed by atoms with van der Waals surface area (Å²) in [5, 5.41) is 1.80. The minimum atomic E-state index is -0.436. The van der Waals surface area contributed by atoms with Crippen molar-refractivity contribution in [1.29, 1.82) is 0 Å². The van der Waals surface area contributed by atoms with Crippen LogP contribution in [0.1, 0.15) is 11.4 Å². The molecule has 0 atom stereocenters. The normalized spacial score (nSPS) is 10.9. The fraction of sp³-hybridized carbons (Fsp3) is 0.143. The predicted molar refractivity (Wildman–Crippen MR) is 75.7 cm³/mol. The van der Waals surface area contributed by atoms with E-state index in [2.05, 4.69) is 9.97 Å². The summed E-state index contributed by atoms with van der Waals surface area (Å²) in [6.45, 7) is 1.87. The first-order valence-electron chi connectivity index (χ1n) is 5.99. The number of hydrogen-bond acceptors (Lipinski definition) is 4. The number of benzene rings is 1. The van der Waals surface area contributed by atoms with Crippen molar-refractivity contribution in [2.24, 2.45) is 0 Å². The number of H-pyrrole nitrogens is 1. The smallest absolute Gasteiger partial charge is 0.268 e. The topological polar surface area (TPSA) is 55.0 Å². The van der Waals surface area contributed by atoms with Crippen LogP contribution in [0.15, 0.2) is 34.4 Å². The molecule has 1 N–H and O–H groups in total. The fourth-order valence-corrected chi connectivity index (χ4v) is 2.58. The maximum Gasteiger partial charge on any atom is 0.268 e. The lowest BCUT2D eigenvalue weighted by Crippen LogP contribution is -2.12. The zero-order valence-electron chi connectivity index (χ0n) is 10.6. The third-order valence-electron chi connectivity index (χ3n) is 2.81. The first kappa shape index (κ1) is 12.8. The molecule has 0 spiro atoms. The Morgan fingerprint density at radius 3 is 3.10 bits per heavy atom. The Balaban J connectivity index is 1.86. The number of nitrogens with one attached hydrogen (secondary N) is 1. The maximum absolute atomic E-state index is 13.5. The van der Waals surface area contributed by atoms with Crippen LogP contribution >= 0.6 is 11.3 Å². The largest absolute Gasteiger partial charge is 0.483 e. The van der Waals surface area contributed by atoms with E-state index in [1.54, 1.807) is 23.6 Å². The number of halogens is 1. The Bertz CT molecular complexity index is 825. The van der Waals surface area contributed by atoms with E-state index in [1.165, 1.54) is 17.4 Å². The van der Waals surface area contributed by atoms with E-state index in [-0.39, 0.29) is 17.9 Å². The summed E-state index contributed by atoms with van der Waals surface area (Å²) in [6.07, 6.45) is 0. The van der Waals surface area contributed by atoms with Gasteiger partial charge in [0, 0.05) is 0 Å². The summed E-state index contributed by atoms with van der Waals surface area (Å²) in [7, 11) is 0. The summed E-state index contributed by atoms with van der Waals surface area (Å²) < 4.78 is 19.5. The van der Waals surface area contributed by atoms with Gasteiger partial charge in [-0.15, -0.1) is 11.3 Å². The first-order valence-corrected chi connectivity index (χ1v) is 6.87. The molecule has 0 aliphatic carbocycles. The third-order valence-corrected chi connectivity index (χ3v) is 3.72. The molecule has 0 unspecified atom stereocenters. The molecule has 3 rings (SSSR count). The van der Waals surface area contributed by atoms with Gasteiger partial charge in [0.25, 0.3) is 5.56 Å². The number of hydrogen-bond donors (Lipinski definition) is 1. The molecule has 0 aliphatic heterocycles. The van der Waals surface area contributed by atoms with E-state index < -0.39 is 5.82 Å². The van der Waals surface area contributed by atoms with Crippen LogP contribution < -0.4 is 10.3 Å². The van der Waals surface area contributed by atoms with Gasteiger partial charge in [-0.1, -0.05) is 6.07 Å². The highest BCUT2D eigenvalue weighted by atomic mass is 32.1. The Kier molecular flexibility index (Phi) is 3.23. The average Bonchev–Trinajstić information content (AvgIpc) is 2.89. The standard InChI is InChI=1S/C14H11FN2O2S/c1-8-2-3-9(15)11(6-8)19-7-12-16-10-4-5-20-13(10)14(18)17-12/h2-6H,7H2,1H3,(H,16,17,18). The minimum absolute atomic E-state index is 0.0153. The van der Waals surface area contributed by atoms with Gasteiger partial charge >= 0.3 is 0 Å². The molecule has 3 aromatic rings. The molecule has 0 aliphatic rings. The molecule has 2 heterocycles. The SMILES string of the molecule is Cc1ccc(F)c(OCc2nc3ccsc3c(=O)[nH]2)c1. The molecule has 0 radical (unpaired) electrons. The van der Waals surface area contributed by atoms with E-state index in [0.29, 0.717) is 16.0 Å². The minimum Gasteiger partial charge on any atom is -0.483 e. The Morgan fingerprint density at radius 2 is 2.25 bits per heavy atom. The molecule has 0 amide bonds. The van der Waals surface area contributed by atoms with Crippen LogP contribution in [-0.4, -0.2) is 9.97 Å². The highest BCUT2D eigenvalue weighted by molar-refractivity contribution is 7.17. The first-order chi connectivity index (χ1) is 9.63. The molecule has 2 aromatic heterocycles. The van der Waals surface area contributed by atoms with Crippen molar-refractivity contribution in [2.45, 2.75) is 13.5 Å². The van der Waals surface area contributed by atoms with Crippen molar-refractivity contribution in [2.75, 3.05) is 0 Å². The highest BCUT2D eigenvalue weighted by Crippen LogP contribution is 2.19. The van der Waals surface area contributed by atoms with Gasteiger partial charge in [0.15, 0.2) is 11.6 Å². The third kappa shape index (κ3) is 2.42. The number of thiophene rings is 1. The summed E-state index contributed by atoms with van der Waals surface area (Å²) >= 11 is 1.33. The van der Waals surface area contributed by atoms with Crippen molar-refractivity contribution in [3.05, 3.63) is 57.2 Å². The Labute approximate surface area is 117 Å². The van der Waals surface area contributed by atoms with Gasteiger partial charge in [-0.3, -0.25) is 4.79 Å². The van der Waals surface area contributed by atoms with Crippen LogP contribution in [0.5, 0.6) is 5.75 Å². The van der Waals surface area contributed by atoms with Gasteiger partial charge in [0.1, 0.15) is 17.1 Å². The number of rotatable bonds is 3. The fourth-order valence-electron chi connectivity index (χ4n) is 1.86. The van der Waals surface area contributed by atoms with E-state index in [1.807, 2.05) is 6.92 Å². The van der Waals surface area contributed by atoms with Crippen LogP contribution in [0.25, 0.3) is 10.2 Å². The number of nitrogens with zero attached hydrogens (tertiary/aromatic N) is 1. The molecule has 0 saturated heterocycles. The lowest BCUT2D eigenvalue weighted by molar-refractivity contribution is 0.281. The van der Waals surface area contributed by atoms with Crippen molar-refractivity contribution < 1.29 is 9.13 Å². The zero-order valence-corrected chi connectivity index (χ0v) is 11.5. The van der Waals surface area contributed by atoms with Crippen molar-refractivity contribution >= 4 is 21.6 Å². The van der Waals surface area contributed by atoms with E-state index >= 15 is 0 Å². The number of aromatic nitrogens is 2. The zero-order chi connectivity index (χ0) is 14.1. The molecule has 0 fully saturated rings. The molecule has 0 saturated carbocycles. The monoisotopic (exact) mass is 290 g/mol. The second-order valence-electron chi connectivity index (χ2n) is 4.37. The lowest BCUT2D eigenvalue weighted by Gasteiger charge is -2.07. The molecular formula is C14H11FN2O2S. The second kappa shape index (κ2) is 5.05. The van der Waals surface area contributed by atoms with E-state index in [9.17, 15) is 9.18 Å². The molecule has 1 aromatic carbocycles. The second-order valence-corrected chi connectivity index (χ2v) is 5.29. The number of ether oxygens (including phenoxy) is 1. The van der Waals surface area contributed by atoms with Crippen molar-refractivity contribution in [1.82, 2.24) is 9.97 Å². The molecule has 4 nitrogen and oxygen atoms in total. The Hall–Kier alpha value is -2.21. The Morgan fingerprint density at radius 1 is 1.40 bits per heavy atom. The van der Waals surface area contributed by atoms with Gasteiger partial charge in [-0.05, 0) is 36.1 Å². The van der Waals surface area contributed by atoms with Gasteiger partial charge < -0.3 is 9.72 Å². The quantitative estimate of drug-likeness (QED) is 0.806. The molecule has 6 heteroatoms. The van der Waals surface area contributed by atoms with Crippen LogP contribution in [0.2, 0.25) is 0 Å². The molecule has 102 valence electrons. The summed E-state index contributed by atoms with van der Waals surface area (Å²) in [5.74, 6) is 0.0921. The number of aryl methyl sites for hydroxylation is 1. The summed E-state index contributed by atoms with van der Waals surface area (Å²) in [5.41, 5.74) is 1.33. The van der Waals surface area contributed by atoms with E-state index in [0.717, 1.165) is 5.56 Å². The number of fused-ring (bicyclic) bond motifs is 1. The van der Waals surface area contributed by atoms with Crippen LogP contribution in [-0.2, 0) is 6.61 Å². The van der Waals surface area contributed by atoms with Crippen LogP contribution in [0.3, 0.4) is 0 Å². The predicted octanol–water partition coefficient (Wildman–Crippen LogP) is 3.01. The van der Waals surface area contributed by atoms with Gasteiger partial charge in [0.2, 0.25) is 0 Å². The molecule has 0 bridgehead atoms. The van der Waals surface area contributed by atoms with E-state index in [4.69, 9.17) is 4.74 Å². The van der Waals surface area contributed by atoms with Crippen LogP contribution in [0, 0.1) is 12.7 Å². The maximum atomic E-state index is 13.5. The average molecular weight is 290 g/mol. The molecule has 20 heavy (non-hydrogen) atoms. The summed E-state index contributed by atoms with van der Waals surface area (Å²) in [4.78, 5) is 18.7. The lowest BCUT2D eigenvalue weighted by atomic mass is 10.2. The van der Waals surface area contributed by atoms with Crippen molar-refractivity contribution in [3.63, 3.8) is 0 Å². The van der Waals surface area contributed by atoms with Gasteiger partial charge in [-0.25, -0.2) is 9.37 Å². The van der Waals surface area contributed by atoms with Crippen molar-refractivity contribution in [3.8, 4) is 5.75 Å². The van der Waals surface area contributed by atoms with Crippen LogP contribution in [0.4, 0.5) is 4.39 Å². The summed E-state index contributed by atoms with van der Waals surface area (Å²) in [6, 6.07) is 6.39. The van der Waals surface area contributed by atoms with Gasteiger partial charge in [-0.2, -0.15) is 0 Å². The number of aromatic amines is 1. The molecular weight excluding hydrogens is 279 g/mol. The van der Waals surface area contributed by atoms with Gasteiger partial charge in [0.05, 0.1) is 5.52 Å².